The topological polar surface area (TPSA) is 104 Å². The number of amides is 2. The highest BCUT2D eigenvalue weighted by Crippen LogP contribution is 1.95. The Morgan fingerprint density at radius 3 is 2.94 bits per heavy atom. The molecule has 0 saturated heterocycles. The Kier molecular flexibility index (Phi) is 4.74. The maximum absolute atomic E-state index is 11.3. The van der Waals surface area contributed by atoms with Crippen LogP contribution in [0.5, 0.6) is 0 Å². The monoisotopic (exact) mass is 239 g/mol. The van der Waals surface area contributed by atoms with Crippen molar-refractivity contribution in [2.24, 2.45) is 0 Å². The molecule has 1 rings (SSSR count). The van der Waals surface area contributed by atoms with Gasteiger partial charge in [-0.15, -0.1) is 6.58 Å². The summed E-state index contributed by atoms with van der Waals surface area (Å²) in [6, 6.07) is 0.0330. The first kappa shape index (κ1) is 12.8. The summed E-state index contributed by atoms with van der Waals surface area (Å²) in [6.45, 7) is 3.59. The number of nitrogens with one attached hydrogen (secondary N) is 2. The third kappa shape index (κ3) is 4.37. The van der Waals surface area contributed by atoms with Gasteiger partial charge in [0.1, 0.15) is 18.0 Å². The molecule has 0 spiro atoms. The molecule has 0 radical (unpaired) electrons. The molecular formula is C10H13N3O4. The lowest BCUT2D eigenvalue weighted by atomic mass is 10.2. The summed E-state index contributed by atoms with van der Waals surface area (Å²) >= 11 is 0. The van der Waals surface area contributed by atoms with Crippen molar-refractivity contribution >= 4 is 12.0 Å². The van der Waals surface area contributed by atoms with Crippen LogP contribution in [0.4, 0.5) is 4.79 Å². The summed E-state index contributed by atoms with van der Waals surface area (Å²) in [5, 5.41) is 17.1. The smallest absolute Gasteiger partial charge is 0.326 e. The number of hydrogen-bond donors (Lipinski definition) is 3. The first-order valence-corrected chi connectivity index (χ1v) is 4.90. The molecule has 1 unspecified atom stereocenters. The lowest BCUT2D eigenvalue weighted by Crippen LogP contribution is -2.45. The summed E-state index contributed by atoms with van der Waals surface area (Å²) < 4.78 is 4.58. The van der Waals surface area contributed by atoms with Gasteiger partial charge in [0.15, 0.2) is 0 Å². The summed E-state index contributed by atoms with van der Waals surface area (Å²) in [5.41, 5.74) is 0.552. The minimum Gasteiger partial charge on any atom is -0.480 e. The van der Waals surface area contributed by atoms with Crippen LogP contribution >= 0.6 is 0 Å². The van der Waals surface area contributed by atoms with Gasteiger partial charge in [-0.2, -0.15) is 0 Å². The van der Waals surface area contributed by atoms with E-state index < -0.39 is 18.0 Å². The molecule has 92 valence electrons. The molecule has 2 amide bonds. The number of nitrogens with zero attached hydrogens (tertiary/aromatic N) is 1. The molecule has 0 aliphatic rings. The summed E-state index contributed by atoms with van der Waals surface area (Å²) in [4.78, 5) is 22.1. The van der Waals surface area contributed by atoms with E-state index in [9.17, 15) is 9.59 Å². The standard InChI is InChI=1S/C10H13N3O4/c1-2-3-8(9(14)15)12-10(16)11-6-7-4-5-17-13-7/h2,4-5,8H,1,3,6H2,(H,14,15)(H2,11,12,16). The quantitative estimate of drug-likeness (QED) is 0.627. The average molecular weight is 239 g/mol. The Balaban J connectivity index is 2.37. The minimum atomic E-state index is -1.11. The van der Waals surface area contributed by atoms with Crippen LogP contribution in [0, 0.1) is 0 Å². The molecule has 1 heterocycles. The third-order valence-corrected chi connectivity index (χ3v) is 1.93. The molecule has 3 N–H and O–H groups in total. The molecule has 7 nitrogen and oxygen atoms in total. The van der Waals surface area contributed by atoms with Crippen LogP contribution in [-0.4, -0.2) is 28.3 Å². The van der Waals surface area contributed by atoms with E-state index in [0.717, 1.165) is 0 Å². The predicted octanol–water partition coefficient (Wildman–Crippen LogP) is 0.503. The van der Waals surface area contributed by atoms with Gasteiger partial charge in [0.2, 0.25) is 0 Å². The van der Waals surface area contributed by atoms with Crippen LogP contribution < -0.4 is 10.6 Å². The van der Waals surface area contributed by atoms with Crippen LogP contribution in [-0.2, 0) is 11.3 Å². The van der Waals surface area contributed by atoms with E-state index in [4.69, 9.17) is 5.11 Å². The van der Waals surface area contributed by atoms with Crippen molar-refractivity contribution in [3.63, 3.8) is 0 Å². The van der Waals surface area contributed by atoms with Gasteiger partial charge in [0.05, 0.1) is 6.54 Å². The molecule has 0 fully saturated rings. The first-order chi connectivity index (χ1) is 8.13. The van der Waals surface area contributed by atoms with Gasteiger partial charge >= 0.3 is 12.0 Å². The van der Waals surface area contributed by atoms with E-state index >= 15 is 0 Å². The first-order valence-electron chi connectivity index (χ1n) is 4.90. The number of carboxylic acids is 1. The zero-order valence-electron chi connectivity index (χ0n) is 9.05. The molecule has 0 bridgehead atoms. The maximum atomic E-state index is 11.3. The van der Waals surface area contributed by atoms with E-state index in [1.807, 2.05) is 0 Å². The second-order valence-corrected chi connectivity index (χ2v) is 3.23. The molecule has 0 saturated carbocycles. The number of aliphatic carboxylic acids is 1. The van der Waals surface area contributed by atoms with Crippen molar-refractivity contribution in [3.8, 4) is 0 Å². The lowest BCUT2D eigenvalue weighted by molar-refractivity contribution is -0.139. The Morgan fingerprint density at radius 2 is 2.41 bits per heavy atom. The number of urea groups is 1. The molecule has 17 heavy (non-hydrogen) atoms. The fourth-order valence-corrected chi connectivity index (χ4v) is 1.10. The fraction of sp³-hybridized carbons (Fsp3) is 0.300. The van der Waals surface area contributed by atoms with Crippen molar-refractivity contribution < 1.29 is 19.2 Å². The largest absolute Gasteiger partial charge is 0.480 e. The van der Waals surface area contributed by atoms with Crippen LogP contribution in [0.25, 0.3) is 0 Å². The van der Waals surface area contributed by atoms with Gasteiger partial charge in [0, 0.05) is 6.07 Å². The molecule has 1 aromatic heterocycles. The number of carbonyl (C=O) groups excluding carboxylic acids is 1. The van der Waals surface area contributed by atoms with Gasteiger partial charge in [0.25, 0.3) is 0 Å². The average Bonchev–Trinajstić information content (AvgIpc) is 2.78. The van der Waals surface area contributed by atoms with Crippen molar-refractivity contribution in [3.05, 3.63) is 30.7 Å². The van der Waals surface area contributed by atoms with Crippen molar-refractivity contribution in [1.82, 2.24) is 15.8 Å². The Hall–Kier alpha value is -2.31. The van der Waals surface area contributed by atoms with Crippen molar-refractivity contribution in [2.45, 2.75) is 19.0 Å². The van der Waals surface area contributed by atoms with Crippen LogP contribution in [0.3, 0.4) is 0 Å². The second kappa shape index (κ2) is 6.31. The van der Waals surface area contributed by atoms with Crippen LogP contribution in [0.2, 0.25) is 0 Å². The lowest BCUT2D eigenvalue weighted by Gasteiger charge is -2.12. The summed E-state index contributed by atoms with van der Waals surface area (Å²) in [7, 11) is 0. The number of aromatic nitrogens is 1. The van der Waals surface area contributed by atoms with Crippen molar-refractivity contribution in [1.29, 1.82) is 0 Å². The highest BCUT2D eigenvalue weighted by molar-refractivity contribution is 5.82. The Bertz CT molecular complexity index is 388. The number of rotatable bonds is 6. The highest BCUT2D eigenvalue weighted by Gasteiger charge is 2.17. The fourth-order valence-electron chi connectivity index (χ4n) is 1.10. The SMILES string of the molecule is C=CCC(NC(=O)NCc1ccon1)C(=O)O. The zero-order chi connectivity index (χ0) is 12.7. The van der Waals surface area contributed by atoms with Crippen LogP contribution in [0.15, 0.2) is 29.5 Å². The van der Waals surface area contributed by atoms with Gasteiger partial charge in [-0.1, -0.05) is 11.2 Å². The molecule has 0 aromatic carbocycles. The van der Waals surface area contributed by atoms with E-state index in [-0.39, 0.29) is 13.0 Å². The Morgan fingerprint density at radius 1 is 1.65 bits per heavy atom. The molecule has 7 heteroatoms. The van der Waals surface area contributed by atoms with Gasteiger partial charge < -0.3 is 20.3 Å². The normalized spacial score (nSPS) is 11.5. The molecule has 0 aliphatic heterocycles. The van der Waals surface area contributed by atoms with Gasteiger partial charge in [-0.05, 0) is 6.42 Å². The molecule has 0 aliphatic carbocycles. The van der Waals surface area contributed by atoms with Gasteiger partial charge in [-0.3, -0.25) is 0 Å². The second-order valence-electron chi connectivity index (χ2n) is 3.23. The molecule has 1 atom stereocenters. The highest BCUT2D eigenvalue weighted by atomic mass is 16.5. The van der Waals surface area contributed by atoms with E-state index in [1.165, 1.54) is 12.3 Å². The minimum absolute atomic E-state index is 0.159. The third-order valence-electron chi connectivity index (χ3n) is 1.93. The zero-order valence-corrected chi connectivity index (χ0v) is 9.05. The summed E-state index contributed by atoms with van der Waals surface area (Å²) in [5.74, 6) is -1.11. The van der Waals surface area contributed by atoms with E-state index in [2.05, 4.69) is 26.9 Å². The van der Waals surface area contributed by atoms with Gasteiger partial charge in [-0.25, -0.2) is 9.59 Å². The predicted molar refractivity (Wildman–Crippen MR) is 58.1 cm³/mol. The van der Waals surface area contributed by atoms with E-state index in [0.29, 0.717) is 5.69 Å². The summed E-state index contributed by atoms with van der Waals surface area (Å²) in [6.07, 6.45) is 2.97. The van der Waals surface area contributed by atoms with Crippen LogP contribution in [0.1, 0.15) is 12.1 Å². The Labute approximate surface area is 97.5 Å². The number of carbonyl (C=O) groups is 2. The molecule has 1 aromatic rings. The van der Waals surface area contributed by atoms with Crippen molar-refractivity contribution in [2.75, 3.05) is 0 Å². The molecular weight excluding hydrogens is 226 g/mol. The maximum Gasteiger partial charge on any atom is 0.326 e. The number of carboxylic acid groups (broad SMARTS) is 1. The van der Waals surface area contributed by atoms with E-state index in [1.54, 1.807) is 6.07 Å². The number of hydrogen-bond acceptors (Lipinski definition) is 4.